The summed E-state index contributed by atoms with van der Waals surface area (Å²) in [5.74, 6) is -2.02. The van der Waals surface area contributed by atoms with Crippen molar-refractivity contribution in [2.24, 2.45) is 0 Å². The van der Waals surface area contributed by atoms with Crippen LogP contribution < -0.4 is 0 Å². The van der Waals surface area contributed by atoms with E-state index < -0.39 is 24.3 Å². The van der Waals surface area contributed by atoms with Crippen LogP contribution in [-0.2, 0) is 33.3 Å². The lowest BCUT2D eigenvalue weighted by molar-refractivity contribution is -0.870. The van der Waals surface area contributed by atoms with Crippen LogP contribution in [0.1, 0.15) is 361 Å². The number of carboxylic acid groups (broad SMARTS) is 1. The Morgan fingerprint density at radius 1 is 0.280 bits per heavy atom. The van der Waals surface area contributed by atoms with Crippen LogP contribution in [0.15, 0.2) is 182 Å². The summed E-state index contributed by atoms with van der Waals surface area (Å²) in [5.41, 5.74) is 0. The summed E-state index contributed by atoms with van der Waals surface area (Å²) >= 11 is 0. The average Bonchev–Trinajstić information content (AvgIpc) is 0.965. The van der Waals surface area contributed by atoms with Gasteiger partial charge in [-0.3, -0.25) is 9.59 Å². The smallest absolute Gasteiger partial charge is 0.361 e. The number of quaternary nitrogens is 1. The highest BCUT2D eigenvalue weighted by molar-refractivity contribution is 5.71. The molecule has 0 aromatic rings. The van der Waals surface area contributed by atoms with Gasteiger partial charge in [-0.15, -0.1) is 0 Å². The monoisotopic (exact) mass is 1480 g/mol. The Balaban J connectivity index is 4.03. The first-order valence-electron chi connectivity index (χ1n) is 43.9. The number of ether oxygens (including phenoxy) is 4. The number of carbonyl (C=O) groups is 3. The lowest BCUT2D eigenvalue weighted by Gasteiger charge is -2.25. The third-order valence-electron chi connectivity index (χ3n) is 18.7. The minimum Gasteiger partial charge on any atom is -0.477 e. The molecule has 0 saturated heterocycles. The summed E-state index contributed by atoms with van der Waals surface area (Å²) in [6, 6.07) is 0. The third kappa shape index (κ3) is 87.5. The first-order chi connectivity index (χ1) is 52.6. The molecule has 0 heterocycles. The van der Waals surface area contributed by atoms with Crippen LogP contribution in [0.3, 0.4) is 0 Å². The zero-order valence-electron chi connectivity index (χ0n) is 69.7. The van der Waals surface area contributed by atoms with Gasteiger partial charge in [-0.1, -0.05) is 395 Å². The summed E-state index contributed by atoms with van der Waals surface area (Å²) in [6.07, 6.45) is 128. The summed E-state index contributed by atoms with van der Waals surface area (Å²) in [6.45, 7) is 4.66. The van der Waals surface area contributed by atoms with Crippen molar-refractivity contribution in [2.45, 2.75) is 373 Å². The van der Waals surface area contributed by atoms with Crippen LogP contribution in [-0.4, -0.2) is 87.4 Å². The van der Waals surface area contributed by atoms with Crippen LogP contribution >= 0.6 is 0 Å². The van der Waals surface area contributed by atoms with Crippen molar-refractivity contribution >= 4 is 17.9 Å². The van der Waals surface area contributed by atoms with Crippen molar-refractivity contribution < 1.29 is 42.9 Å². The molecule has 2 unspecified atom stereocenters. The van der Waals surface area contributed by atoms with Crippen LogP contribution in [0, 0.1) is 0 Å². The van der Waals surface area contributed by atoms with Crippen molar-refractivity contribution in [1.29, 1.82) is 0 Å². The maximum Gasteiger partial charge on any atom is 0.361 e. The first-order valence-corrected chi connectivity index (χ1v) is 43.9. The molecule has 0 fully saturated rings. The van der Waals surface area contributed by atoms with E-state index in [1.807, 2.05) is 21.1 Å². The summed E-state index contributed by atoms with van der Waals surface area (Å²) in [4.78, 5) is 37.8. The van der Waals surface area contributed by atoms with Gasteiger partial charge in [0.05, 0.1) is 34.4 Å². The molecule has 107 heavy (non-hydrogen) atoms. The molecular weight excluding hydrogens is 1320 g/mol. The maximum absolute atomic E-state index is 13.0. The molecule has 0 saturated carbocycles. The number of carboxylic acids is 1. The van der Waals surface area contributed by atoms with E-state index in [9.17, 15) is 19.5 Å². The fourth-order valence-electron chi connectivity index (χ4n) is 12.1. The molecule has 0 aromatic heterocycles. The van der Waals surface area contributed by atoms with Crippen molar-refractivity contribution in [3.05, 3.63) is 182 Å². The lowest BCUT2D eigenvalue weighted by atomic mass is 10.0. The van der Waals surface area contributed by atoms with Gasteiger partial charge in [-0.25, -0.2) is 4.79 Å². The second-order valence-electron chi connectivity index (χ2n) is 30.1. The molecule has 0 rings (SSSR count). The minimum absolute atomic E-state index is 0.179. The Morgan fingerprint density at radius 3 is 0.748 bits per heavy atom. The number of hydrogen-bond acceptors (Lipinski definition) is 7. The molecule has 0 bridgehead atoms. The molecule has 1 N–H and O–H groups in total. The predicted octanol–water partition coefficient (Wildman–Crippen LogP) is 29.0. The highest BCUT2D eigenvalue weighted by Crippen LogP contribution is 2.19. The Kier molecular flexibility index (Phi) is 81.5. The largest absolute Gasteiger partial charge is 0.477 e. The van der Waals surface area contributed by atoms with Crippen molar-refractivity contribution in [3.8, 4) is 0 Å². The van der Waals surface area contributed by atoms with Gasteiger partial charge in [0.15, 0.2) is 6.10 Å². The van der Waals surface area contributed by atoms with Crippen LogP contribution in [0.2, 0.25) is 0 Å². The van der Waals surface area contributed by atoms with Gasteiger partial charge in [0, 0.05) is 12.8 Å². The van der Waals surface area contributed by atoms with E-state index in [4.69, 9.17) is 18.9 Å². The van der Waals surface area contributed by atoms with E-state index in [0.29, 0.717) is 23.9 Å². The Bertz CT molecular complexity index is 2430. The number of allylic oxidation sites excluding steroid dienone is 30. The molecule has 0 aliphatic rings. The molecular formula is C98H164NO8+. The molecule has 9 heteroatoms. The number of rotatable bonds is 80. The average molecular weight is 1480 g/mol. The van der Waals surface area contributed by atoms with Gasteiger partial charge >= 0.3 is 17.9 Å². The van der Waals surface area contributed by atoms with E-state index in [1.54, 1.807) is 0 Å². The Labute approximate surface area is 659 Å². The number of unbranched alkanes of at least 4 members (excludes halogenated alkanes) is 35. The van der Waals surface area contributed by atoms with Gasteiger partial charge < -0.3 is 28.5 Å². The van der Waals surface area contributed by atoms with E-state index in [1.165, 1.54) is 186 Å². The van der Waals surface area contributed by atoms with Crippen molar-refractivity contribution in [3.63, 3.8) is 0 Å². The zero-order valence-corrected chi connectivity index (χ0v) is 69.7. The fraction of sp³-hybridized carbons (Fsp3) is 0.663. The van der Waals surface area contributed by atoms with Crippen molar-refractivity contribution in [1.82, 2.24) is 0 Å². The second kappa shape index (κ2) is 86.0. The van der Waals surface area contributed by atoms with Crippen LogP contribution in [0.5, 0.6) is 0 Å². The number of aliphatic carboxylic acids is 1. The minimum atomic E-state index is -1.52. The van der Waals surface area contributed by atoms with Gasteiger partial charge in [-0.05, 0) is 135 Å². The lowest BCUT2D eigenvalue weighted by Crippen LogP contribution is -2.40. The van der Waals surface area contributed by atoms with E-state index in [2.05, 4.69) is 196 Å². The fourth-order valence-corrected chi connectivity index (χ4v) is 12.1. The molecule has 2 atom stereocenters. The summed E-state index contributed by atoms with van der Waals surface area (Å²) in [5, 5.41) is 9.79. The van der Waals surface area contributed by atoms with Gasteiger partial charge in [0.1, 0.15) is 13.2 Å². The van der Waals surface area contributed by atoms with E-state index in [0.717, 1.165) is 141 Å². The number of likely N-dealkylation sites (N-methyl/N-ethyl adjacent to an activating group) is 1. The third-order valence-corrected chi connectivity index (χ3v) is 18.7. The number of esters is 2. The second-order valence-corrected chi connectivity index (χ2v) is 30.1. The van der Waals surface area contributed by atoms with E-state index >= 15 is 0 Å². The normalized spacial score (nSPS) is 13.5. The Morgan fingerprint density at radius 2 is 0.505 bits per heavy atom. The van der Waals surface area contributed by atoms with E-state index in [-0.39, 0.29) is 32.2 Å². The molecule has 0 aromatic carbocycles. The first kappa shape index (κ1) is 101. The standard InChI is InChI=1S/C98H163NO8/c1-6-8-10-12-14-16-18-20-22-24-26-28-30-32-34-36-38-40-42-44-46-48-50-52-54-56-58-60-62-64-66-68-70-72-74-76-78-80-82-84-86-88-95(100)105-92-94(93-106-98(97(102)103)104-91-90-99(3,4)5)107-96(101)89-87-85-83-81-79-77-75-73-71-69-67-65-63-61-59-57-55-53-51-49-47-45-43-41-39-37-35-33-31-29-27-25-23-21-19-17-15-13-11-9-7-2/h8-11,14-17,20-23,26-29,33,35,39,41,45,47,51,53,57,59,63,65,69,71,94,98H,6-7,12-13,18-19,24-25,30-32,34,36-38,40,42-44,46,48-50,52,54-56,58,60-62,64,66-68,70,72-93H2,1-5H3/p+1/b10-8-,11-9-,16-14-,17-15-,22-20-,23-21-,28-26-,29-27-,35-33-,41-39-,47-45-,53-51-,59-57-,65-63-,71-69-. The topological polar surface area (TPSA) is 108 Å². The molecule has 0 aliphatic heterocycles. The van der Waals surface area contributed by atoms with Crippen molar-refractivity contribution in [2.75, 3.05) is 47.5 Å². The molecule has 0 aliphatic carbocycles. The predicted molar refractivity (Wildman–Crippen MR) is 465 cm³/mol. The highest BCUT2D eigenvalue weighted by atomic mass is 16.7. The van der Waals surface area contributed by atoms with Gasteiger partial charge in [0.25, 0.3) is 6.29 Å². The Hall–Kier alpha value is -5.61. The number of hydrogen-bond donors (Lipinski definition) is 1. The molecule has 0 amide bonds. The van der Waals surface area contributed by atoms with Gasteiger partial charge in [0.2, 0.25) is 0 Å². The summed E-state index contributed by atoms with van der Waals surface area (Å²) in [7, 11) is 5.98. The molecule has 608 valence electrons. The highest BCUT2D eigenvalue weighted by Gasteiger charge is 2.25. The van der Waals surface area contributed by atoms with Crippen LogP contribution in [0.4, 0.5) is 0 Å². The van der Waals surface area contributed by atoms with Gasteiger partial charge in [-0.2, -0.15) is 0 Å². The van der Waals surface area contributed by atoms with Crippen LogP contribution in [0.25, 0.3) is 0 Å². The quantitative estimate of drug-likeness (QED) is 0.0211. The molecule has 0 radical (unpaired) electrons. The SMILES string of the molecule is CC/C=C\C/C=C\C/C=C\C/C=C\C/C=C\C/C=C\C/C=C\C/C=C\C/C=C\C/C=C\C/C=C\CCCCCCCCCC(=O)OC(COC(=O)CCCCCCCCCCCCCCCCCCCCCCCCCCCCCC/C=C\C/C=C\C/C=C\C/C=C\CC)COC(OCC[N+](C)(C)C)C(=O)O. The molecule has 0 spiro atoms. The zero-order chi connectivity index (χ0) is 77.4. The number of nitrogens with zero attached hydrogens (tertiary/aromatic N) is 1. The summed E-state index contributed by atoms with van der Waals surface area (Å²) < 4.78 is 23.1. The maximum atomic E-state index is 13.0. The molecule has 9 nitrogen and oxygen atoms in total. The number of carbonyl (C=O) groups excluding carboxylic acids is 2.